The number of furan rings is 1. The normalized spacial score (nSPS) is 15.7. The van der Waals surface area contributed by atoms with Crippen LogP contribution in [0.25, 0.3) is 0 Å². The lowest BCUT2D eigenvalue weighted by molar-refractivity contribution is -0.137. The third-order valence-electron chi connectivity index (χ3n) is 4.55. The Bertz CT molecular complexity index is 811. The van der Waals surface area contributed by atoms with Gasteiger partial charge in [-0.3, -0.25) is 0 Å². The standard InChI is InChI=1S/C19H22F3N3O2/c1-12-5-8-17(27-12)13(2)23-18(26)24-15-11-14(19(20,21)22)6-7-16(15)25-9-3-4-10-25/h5-8,11,13H,3-4,9-10H2,1-2H3,(H2,23,24,26). The second-order valence-electron chi connectivity index (χ2n) is 6.69. The van der Waals surface area contributed by atoms with Gasteiger partial charge in [0.1, 0.15) is 11.5 Å². The molecule has 0 bridgehead atoms. The van der Waals surface area contributed by atoms with Crippen molar-refractivity contribution in [3.8, 4) is 0 Å². The van der Waals surface area contributed by atoms with Gasteiger partial charge in [-0.25, -0.2) is 4.79 Å². The summed E-state index contributed by atoms with van der Waals surface area (Å²) in [7, 11) is 0. The fourth-order valence-electron chi connectivity index (χ4n) is 3.16. The van der Waals surface area contributed by atoms with E-state index in [4.69, 9.17) is 4.42 Å². The van der Waals surface area contributed by atoms with Crippen LogP contribution in [-0.2, 0) is 6.18 Å². The maximum Gasteiger partial charge on any atom is 0.416 e. The number of carbonyl (C=O) groups is 1. The highest BCUT2D eigenvalue weighted by molar-refractivity contribution is 5.93. The minimum Gasteiger partial charge on any atom is -0.464 e. The molecule has 1 saturated heterocycles. The first kappa shape index (κ1) is 19.1. The largest absolute Gasteiger partial charge is 0.464 e. The molecule has 1 aromatic heterocycles. The predicted molar refractivity (Wildman–Crippen MR) is 96.9 cm³/mol. The van der Waals surface area contributed by atoms with Crippen molar-refractivity contribution in [2.45, 2.75) is 38.9 Å². The molecular weight excluding hydrogens is 359 g/mol. The number of halogens is 3. The minimum absolute atomic E-state index is 0.145. The molecule has 0 radical (unpaired) electrons. The summed E-state index contributed by atoms with van der Waals surface area (Å²) < 4.78 is 44.7. The molecule has 146 valence electrons. The van der Waals surface area contributed by atoms with Crippen LogP contribution >= 0.6 is 0 Å². The highest BCUT2D eigenvalue weighted by atomic mass is 19.4. The van der Waals surface area contributed by atoms with Crippen molar-refractivity contribution in [3.63, 3.8) is 0 Å². The lowest BCUT2D eigenvalue weighted by Gasteiger charge is -2.23. The van der Waals surface area contributed by atoms with Gasteiger partial charge in [0.25, 0.3) is 0 Å². The van der Waals surface area contributed by atoms with Gasteiger partial charge in [-0.05, 0) is 57.0 Å². The number of benzene rings is 1. The quantitative estimate of drug-likeness (QED) is 0.776. The van der Waals surface area contributed by atoms with Crippen LogP contribution in [0, 0.1) is 6.92 Å². The Balaban J connectivity index is 1.79. The van der Waals surface area contributed by atoms with E-state index in [1.54, 1.807) is 26.0 Å². The maximum atomic E-state index is 13.1. The van der Waals surface area contributed by atoms with E-state index in [2.05, 4.69) is 10.6 Å². The maximum absolute atomic E-state index is 13.1. The van der Waals surface area contributed by atoms with Crippen molar-refractivity contribution < 1.29 is 22.4 Å². The Morgan fingerprint density at radius 3 is 2.48 bits per heavy atom. The van der Waals surface area contributed by atoms with E-state index < -0.39 is 23.8 Å². The Morgan fingerprint density at radius 1 is 1.19 bits per heavy atom. The van der Waals surface area contributed by atoms with Crippen molar-refractivity contribution in [1.29, 1.82) is 0 Å². The van der Waals surface area contributed by atoms with Crippen molar-refractivity contribution in [1.82, 2.24) is 5.32 Å². The van der Waals surface area contributed by atoms with Crippen LogP contribution < -0.4 is 15.5 Å². The SMILES string of the molecule is Cc1ccc(C(C)NC(=O)Nc2cc(C(F)(F)F)ccc2N2CCCC2)o1. The number of alkyl halides is 3. The smallest absolute Gasteiger partial charge is 0.416 e. The van der Waals surface area contributed by atoms with Crippen LogP contribution in [0.15, 0.2) is 34.7 Å². The Kier molecular flexibility index (Phi) is 5.34. The van der Waals surface area contributed by atoms with E-state index in [9.17, 15) is 18.0 Å². The van der Waals surface area contributed by atoms with Crippen LogP contribution in [0.5, 0.6) is 0 Å². The number of nitrogens with zero attached hydrogens (tertiary/aromatic N) is 1. The number of urea groups is 1. The van der Waals surface area contributed by atoms with E-state index in [1.807, 2.05) is 4.90 Å². The zero-order valence-electron chi connectivity index (χ0n) is 15.2. The molecule has 0 spiro atoms. The number of hydrogen-bond donors (Lipinski definition) is 2. The molecule has 8 heteroatoms. The fourth-order valence-corrected chi connectivity index (χ4v) is 3.16. The van der Waals surface area contributed by atoms with Crippen molar-refractivity contribution in [2.24, 2.45) is 0 Å². The second-order valence-corrected chi connectivity index (χ2v) is 6.69. The molecule has 1 aromatic carbocycles. The highest BCUT2D eigenvalue weighted by Gasteiger charge is 2.32. The summed E-state index contributed by atoms with van der Waals surface area (Å²) in [6, 6.07) is 5.98. The van der Waals surface area contributed by atoms with Crippen LogP contribution in [0.4, 0.5) is 29.3 Å². The van der Waals surface area contributed by atoms with Gasteiger partial charge in [0, 0.05) is 13.1 Å². The van der Waals surface area contributed by atoms with Crippen LogP contribution in [0.2, 0.25) is 0 Å². The first-order chi connectivity index (χ1) is 12.7. The number of hydrogen-bond acceptors (Lipinski definition) is 3. The summed E-state index contributed by atoms with van der Waals surface area (Å²) >= 11 is 0. The topological polar surface area (TPSA) is 57.5 Å². The zero-order chi connectivity index (χ0) is 19.6. The molecule has 2 heterocycles. The van der Waals surface area contributed by atoms with Gasteiger partial charge in [-0.1, -0.05) is 0 Å². The summed E-state index contributed by atoms with van der Waals surface area (Å²) in [6.07, 6.45) is -2.53. The van der Waals surface area contributed by atoms with Gasteiger partial charge in [-0.2, -0.15) is 13.2 Å². The molecule has 1 fully saturated rings. The molecule has 0 saturated carbocycles. The zero-order valence-corrected chi connectivity index (χ0v) is 15.2. The number of aryl methyl sites for hydroxylation is 1. The summed E-state index contributed by atoms with van der Waals surface area (Å²) in [6.45, 7) is 5.04. The third-order valence-corrected chi connectivity index (χ3v) is 4.55. The fraction of sp³-hybridized carbons (Fsp3) is 0.421. The summed E-state index contributed by atoms with van der Waals surface area (Å²) in [5, 5.41) is 5.26. The Hall–Kier alpha value is -2.64. The third kappa shape index (κ3) is 4.56. The van der Waals surface area contributed by atoms with E-state index in [0.29, 0.717) is 17.2 Å². The monoisotopic (exact) mass is 381 g/mol. The molecule has 1 aliphatic rings. The van der Waals surface area contributed by atoms with Gasteiger partial charge < -0.3 is 20.0 Å². The molecule has 5 nitrogen and oxygen atoms in total. The number of rotatable bonds is 4. The molecule has 3 rings (SSSR count). The molecule has 27 heavy (non-hydrogen) atoms. The molecular formula is C19H22F3N3O2. The lowest BCUT2D eigenvalue weighted by Crippen LogP contribution is -2.32. The number of amides is 2. The van der Waals surface area contributed by atoms with E-state index in [-0.39, 0.29) is 5.69 Å². The molecule has 2 amide bonds. The summed E-state index contributed by atoms with van der Waals surface area (Å²) in [4.78, 5) is 14.3. The minimum atomic E-state index is -4.48. The molecule has 2 aromatic rings. The van der Waals surface area contributed by atoms with Gasteiger partial charge in [0.15, 0.2) is 0 Å². The van der Waals surface area contributed by atoms with Gasteiger partial charge in [-0.15, -0.1) is 0 Å². The summed E-state index contributed by atoms with van der Waals surface area (Å²) in [5.74, 6) is 1.29. The number of anilines is 2. The predicted octanol–water partition coefficient (Wildman–Crippen LogP) is 5.09. The van der Waals surface area contributed by atoms with Crippen LogP contribution in [0.1, 0.15) is 42.9 Å². The molecule has 2 N–H and O–H groups in total. The lowest BCUT2D eigenvalue weighted by atomic mass is 10.1. The van der Waals surface area contributed by atoms with Crippen molar-refractivity contribution >= 4 is 17.4 Å². The molecule has 1 atom stereocenters. The van der Waals surface area contributed by atoms with E-state index >= 15 is 0 Å². The molecule has 1 aliphatic heterocycles. The van der Waals surface area contributed by atoms with Crippen LogP contribution in [0.3, 0.4) is 0 Å². The number of nitrogens with one attached hydrogen (secondary N) is 2. The van der Waals surface area contributed by atoms with Gasteiger partial charge in [0.05, 0.1) is 23.0 Å². The van der Waals surface area contributed by atoms with Crippen LogP contribution in [-0.4, -0.2) is 19.1 Å². The molecule has 1 unspecified atom stereocenters. The molecule has 0 aliphatic carbocycles. The van der Waals surface area contributed by atoms with Gasteiger partial charge in [0.2, 0.25) is 0 Å². The first-order valence-corrected chi connectivity index (χ1v) is 8.84. The highest BCUT2D eigenvalue weighted by Crippen LogP contribution is 2.36. The average Bonchev–Trinajstić information content (AvgIpc) is 3.25. The summed E-state index contributed by atoms with van der Waals surface area (Å²) in [5.41, 5.74) is -0.0559. The van der Waals surface area contributed by atoms with Crippen molar-refractivity contribution in [3.05, 3.63) is 47.4 Å². The Morgan fingerprint density at radius 2 is 1.89 bits per heavy atom. The number of carbonyl (C=O) groups excluding carboxylic acids is 1. The van der Waals surface area contributed by atoms with E-state index in [1.165, 1.54) is 6.07 Å². The average molecular weight is 381 g/mol. The second kappa shape index (κ2) is 7.54. The van der Waals surface area contributed by atoms with Gasteiger partial charge >= 0.3 is 12.2 Å². The van der Waals surface area contributed by atoms with E-state index in [0.717, 1.165) is 38.1 Å². The Labute approximate surface area is 155 Å². The first-order valence-electron chi connectivity index (χ1n) is 8.84. The van der Waals surface area contributed by atoms with Crippen molar-refractivity contribution in [2.75, 3.05) is 23.3 Å².